The van der Waals surface area contributed by atoms with Gasteiger partial charge in [0.05, 0.1) is 0 Å². The Labute approximate surface area is 119 Å². The number of aromatic nitrogens is 1. The van der Waals surface area contributed by atoms with Gasteiger partial charge >= 0.3 is 5.97 Å². The molecule has 1 heterocycles. The van der Waals surface area contributed by atoms with Crippen molar-refractivity contribution < 1.29 is 19.8 Å². The number of amides is 1. The van der Waals surface area contributed by atoms with Gasteiger partial charge in [0.1, 0.15) is 5.69 Å². The largest absolute Gasteiger partial charge is 0.479 e. The standard InChI is InChI=1S/C14H14N2O5/c17-11(14(20)21)5-6-15-13(19)10-7-12(18)8-3-1-2-4-9(8)16-10/h1-4,7,11,17H,5-6H2,(H,15,19)(H,16,18)(H,20,21)/t11-/m0/s1. The first-order chi connectivity index (χ1) is 9.99. The molecule has 0 radical (unpaired) electrons. The minimum atomic E-state index is -1.53. The van der Waals surface area contributed by atoms with E-state index in [2.05, 4.69) is 10.3 Å². The van der Waals surface area contributed by atoms with Crippen LogP contribution in [0, 0.1) is 0 Å². The molecule has 21 heavy (non-hydrogen) atoms. The van der Waals surface area contributed by atoms with E-state index >= 15 is 0 Å². The molecular weight excluding hydrogens is 276 g/mol. The number of aromatic amines is 1. The molecule has 0 aliphatic carbocycles. The second-order valence-electron chi connectivity index (χ2n) is 4.49. The lowest BCUT2D eigenvalue weighted by Gasteiger charge is -2.08. The molecule has 110 valence electrons. The van der Waals surface area contributed by atoms with Crippen LogP contribution in [0.4, 0.5) is 0 Å². The van der Waals surface area contributed by atoms with Gasteiger partial charge in [-0.05, 0) is 12.1 Å². The zero-order chi connectivity index (χ0) is 15.4. The lowest BCUT2D eigenvalue weighted by atomic mass is 10.2. The molecule has 7 heteroatoms. The van der Waals surface area contributed by atoms with Gasteiger partial charge in [-0.25, -0.2) is 4.79 Å². The highest BCUT2D eigenvalue weighted by Crippen LogP contribution is 2.07. The number of pyridine rings is 1. The number of H-pyrrole nitrogens is 1. The average molecular weight is 290 g/mol. The van der Waals surface area contributed by atoms with Crippen LogP contribution >= 0.6 is 0 Å². The highest BCUT2D eigenvalue weighted by Gasteiger charge is 2.14. The predicted octanol–water partition coefficient (Wildman–Crippen LogP) is 0.0935. The molecule has 1 amide bonds. The van der Waals surface area contributed by atoms with E-state index in [1.807, 2.05) is 0 Å². The molecule has 0 saturated heterocycles. The lowest BCUT2D eigenvalue weighted by Crippen LogP contribution is -2.31. The summed E-state index contributed by atoms with van der Waals surface area (Å²) in [4.78, 5) is 37.0. The van der Waals surface area contributed by atoms with E-state index in [1.165, 1.54) is 6.07 Å². The first-order valence-corrected chi connectivity index (χ1v) is 6.30. The first kappa shape index (κ1) is 14.7. The summed E-state index contributed by atoms with van der Waals surface area (Å²) >= 11 is 0. The number of hydrogen-bond acceptors (Lipinski definition) is 4. The Kier molecular flexibility index (Phi) is 4.34. The summed E-state index contributed by atoms with van der Waals surface area (Å²) in [5.41, 5.74) is 0.351. The highest BCUT2D eigenvalue weighted by atomic mass is 16.4. The Hall–Kier alpha value is -2.67. The number of carbonyl (C=O) groups excluding carboxylic acids is 1. The molecule has 0 bridgehead atoms. The third kappa shape index (κ3) is 3.46. The summed E-state index contributed by atoms with van der Waals surface area (Å²) in [6, 6.07) is 7.99. The lowest BCUT2D eigenvalue weighted by molar-refractivity contribution is -0.146. The average Bonchev–Trinajstić information content (AvgIpc) is 2.46. The molecule has 1 aromatic heterocycles. The number of carbonyl (C=O) groups is 2. The monoisotopic (exact) mass is 290 g/mol. The smallest absolute Gasteiger partial charge is 0.332 e. The molecule has 1 atom stereocenters. The van der Waals surface area contributed by atoms with Crippen LogP contribution in [0.15, 0.2) is 35.1 Å². The number of aliphatic hydroxyl groups is 1. The van der Waals surface area contributed by atoms with Gasteiger partial charge in [-0.2, -0.15) is 0 Å². The first-order valence-electron chi connectivity index (χ1n) is 6.30. The van der Waals surface area contributed by atoms with Gasteiger partial charge in [-0.15, -0.1) is 0 Å². The van der Waals surface area contributed by atoms with Crippen LogP contribution in [-0.2, 0) is 4.79 Å². The number of rotatable bonds is 5. The van der Waals surface area contributed by atoms with Crippen molar-refractivity contribution in [3.8, 4) is 0 Å². The topological polar surface area (TPSA) is 119 Å². The van der Waals surface area contributed by atoms with Crippen LogP contribution in [0.5, 0.6) is 0 Å². The number of hydrogen-bond donors (Lipinski definition) is 4. The third-order valence-electron chi connectivity index (χ3n) is 2.97. The molecule has 0 aliphatic rings. The number of aliphatic hydroxyl groups excluding tert-OH is 1. The molecule has 0 unspecified atom stereocenters. The Morgan fingerprint density at radius 3 is 2.71 bits per heavy atom. The highest BCUT2D eigenvalue weighted by molar-refractivity contribution is 5.94. The van der Waals surface area contributed by atoms with Crippen LogP contribution in [0.2, 0.25) is 0 Å². The molecule has 2 aromatic rings. The van der Waals surface area contributed by atoms with E-state index in [0.29, 0.717) is 10.9 Å². The molecular formula is C14H14N2O5. The van der Waals surface area contributed by atoms with Crippen molar-refractivity contribution in [2.45, 2.75) is 12.5 Å². The van der Waals surface area contributed by atoms with Crippen LogP contribution in [0.1, 0.15) is 16.9 Å². The summed E-state index contributed by atoms with van der Waals surface area (Å²) in [7, 11) is 0. The van der Waals surface area contributed by atoms with Gasteiger partial charge in [0.25, 0.3) is 5.91 Å². The fourth-order valence-electron chi connectivity index (χ4n) is 1.86. The van der Waals surface area contributed by atoms with Crippen molar-refractivity contribution in [2.24, 2.45) is 0 Å². The van der Waals surface area contributed by atoms with Crippen molar-refractivity contribution in [3.63, 3.8) is 0 Å². The van der Waals surface area contributed by atoms with Gasteiger partial charge in [-0.3, -0.25) is 9.59 Å². The van der Waals surface area contributed by atoms with E-state index in [4.69, 9.17) is 10.2 Å². The van der Waals surface area contributed by atoms with Crippen LogP contribution in [-0.4, -0.2) is 39.7 Å². The van der Waals surface area contributed by atoms with Gasteiger partial charge < -0.3 is 20.5 Å². The van der Waals surface area contributed by atoms with E-state index in [0.717, 1.165) is 0 Å². The molecule has 0 aliphatic heterocycles. The maximum Gasteiger partial charge on any atom is 0.332 e. The number of nitrogens with one attached hydrogen (secondary N) is 2. The molecule has 0 saturated carbocycles. The van der Waals surface area contributed by atoms with Crippen LogP contribution in [0.25, 0.3) is 10.9 Å². The van der Waals surface area contributed by atoms with Crippen molar-refractivity contribution in [3.05, 3.63) is 46.2 Å². The SMILES string of the molecule is O=C(NCC[C@H](O)C(=O)O)c1cc(=O)c2ccccc2[nH]1. The quantitative estimate of drug-likeness (QED) is 0.622. The van der Waals surface area contributed by atoms with Gasteiger partial charge in [0.2, 0.25) is 0 Å². The summed E-state index contributed by atoms with van der Waals surface area (Å²) < 4.78 is 0. The summed E-state index contributed by atoms with van der Waals surface area (Å²) in [6.07, 6.45) is -1.64. The zero-order valence-electron chi connectivity index (χ0n) is 11.0. The summed E-state index contributed by atoms with van der Waals surface area (Å²) in [6.45, 7) is -0.0127. The normalized spacial score (nSPS) is 12.0. The number of carboxylic acids is 1. The minimum absolute atomic E-state index is 0.0127. The predicted molar refractivity (Wildman–Crippen MR) is 75.2 cm³/mol. The van der Waals surface area contributed by atoms with Crippen molar-refractivity contribution in [1.82, 2.24) is 10.3 Å². The molecule has 2 rings (SSSR count). The zero-order valence-corrected chi connectivity index (χ0v) is 11.0. The number of carboxylic acid groups (broad SMARTS) is 1. The second kappa shape index (κ2) is 6.19. The molecule has 4 N–H and O–H groups in total. The number of aliphatic carboxylic acids is 1. The maximum absolute atomic E-state index is 11.9. The maximum atomic E-state index is 11.9. The van der Waals surface area contributed by atoms with Crippen molar-refractivity contribution >= 4 is 22.8 Å². The third-order valence-corrected chi connectivity index (χ3v) is 2.97. The van der Waals surface area contributed by atoms with Crippen LogP contribution < -0.4 is 10.7 Å². The molecule has 0 fully saturated rings. The Morgan fingerprint density at radius 2 is 2.00 bits per heavy atom. The van der Waals surface area contributed by atoms with E-state index < -0.39 is 18.0 Å². The van der Waals surface area contributed by atoms with Crippen molar-refractivity contribution in [1.29, 1.82) is 0 Å². The number of para-hydroxylation sites is 1. The molecule has 1 aromatic carbocycles. The Bertz CT molecular complexity index is 737. The van der Waals surface area contributed by atoms with E-state index in [9.17, 15) is 14.4 Å². The molecule has 7 nitrogen and oxygen atoms in total. The number of fused-ring (bicyclic) bond motifs is 1. The number of benzene rings is 1. The summed E-state index contributed by atoms with van der Waals surface area (Å²) in [5, 5.41) is 20.5. The second-order valence-corrected chi connectivity index (χ2v) is 4.49. The summed E-state index contributed by atoms with van der Waals surface area (Å²) in [5.74, 6) is -1.88. The fourth-order valence-corrected chi connectivity index (χ4v) is 1.86. The Balaban J connectivity index is 2.10. The fraction of sp³-hybridized carbons (Fsp3) is 0.214. The van der Waals surface area contributed by atoms with Crippen LogP contribution in [0.3, 0.4) is 0 Å². The van der Waals surface area contributed by atoms with Gasteiger partial charge in [-0.1, -0.05) is 12.1 Å². The van der Waals surface area contributed by atoms with E-state index in [-0.39, 0.29) is 24.1 Å². The Morgan fingerprint density at radius 1 is 1.29 bits per heavy atom. The van der Waals surface area contributed by atoms with Gasteiger partial charge in [0.15, 0.2) is 11.5 Å². The molecule has 0 spiro atoms. The van der Waals surface area contributed by atoms with Crippen molar-refractivity contribution in [2.75, 3.05) is 6.54 Å². The van der Waals surface area contributed by atoms with E-state index in [1.54, 1.807) is 24.3 Å². The minimum Gasteiger partial charge on any atom is -0.479 e. The van der Waals surface area contributed by atoms with Gasteiger partial charge in [0, 0.05) is 29.9 Å².